The third kappa shape index (κ3) is 4.14. The van der Waals surface area contributed by atoms with Gasteiger partial charge in [0.05, 0.1) is 17.0 Å². The number of nitrogens with one attached hydrogen (secondary N) is 1. The number of nitrogens with zero attached hydrogens (tertiary/aromatic N) is 2. The Morgan fingerprint density at radius 2 is 2.00 bits per heavy atom. The number of hydrogen-bond donors (Lipinski definition) is 1. The predicted molar refractivity (Wildman–Crippen MR) is 109 cm³/mol. The number of sulfonamides is 1. The Hall–Kier alpha value is -2.43. The highest BCUT2D eigenvalue weighted by Crippen LogP contribution is 2.24. The molecule has 1 amide bonds. The van der Waals surface area contributed by atoms with Crippen LogP contribution in [0.4, 0.5) is 0 Å². The van der Waals surface area contributed by atoms with Crippen LogP contribution in [0.1, 0.15) is 24.1 Å². The summed E-state index contributed by atoms with van der Waals surface area (Å²) in [5.74, 6) is -0.783. The summed E-state index contributed by atoms with van der Waals surface area (Å²) < 4.78 is 33.4. The van der Waals surface area contributed by atoms with Gasteiger partial charge in [0.25, 0.3) is 0 Å². The van der Waals surface area contributed by atoms with E-state index in [2.05, 4.69) is 5.32 Å². The van der Waals surface area contributed by atoms with Crippen molar-refractivity contribution in [3.8, 4) is 0 Å². The monoisotopic (exact) mass is 435 g/mol. The summed E-state index contributed by atoms with van der Waals surface area (Å²) in [6.45, 7) is 1.62. The number of fused-ring (bicyclic) bond motifs is 1. The van der Waals surface area contributed by atoms with Crippen LogP contribution < -0.4 is 11.1 Å². The van der Waals surface area contributed by atoms with Crippen LogP contribution in [-0.4, -0.2) is 36.3 Å². The second-order valence-electron chi connectivity index (χ2n) is 6.87. The van der Waals surface area contributed by atoms with E-state index in [9.17, 15) is 18.0 Å². The minimum Gasteiger partial charge on any atom is -0.408 e. The zero-order valence-electron chi connectivity index (χ0n) is 15.7. The van der Waals surface area contributed by atoms with E-state index < -0.39 is 15.8 Å². The average Bonchev–Trinajstić information content (AvgIpc) is 3.45. The molecule has 2 aromatic heterocycles. The Balaban J connectivity index is 1.48. The van der Waals surface area contributed by atoms with Crippen molar-refractivity contribution in [2.45, 2.75) is 37.2 Å². The summed E-state index contributed by atoms with van der Waals surface area (Å²) in [6.07, 6.45) is 1.82. The van der Waals surface area contributed by atoms with Crippen LogP contribution in [0.3, 0.4) is 0 Å². The number of aryl methyl sites for hydroxylation is 1. The van der Waals surface area contributed by atoms with Crippen molar-refractivity contribution in [1.82, 2.24) is 14.2 Å². The number of aromatic nitrogens is 1. The Bertz CT molecular complexity index is 1170. The largest absolute Gasteiger partial charge is 0.419 e. The first kappa shape index (κ1) is 19.9. The van der Waals surface area contributed by atoms with Crippen LogP contribution in [0.2, 0.25) is 0 Å². The molecule has 4 rings (SSSR count). The quantitative estimate of drug-likeness (QED) is 0.613. The molecule has 0 atom stereocenters. The Labute approximate surface area is 171 Å². The van der Waals surface area contributed by atoms with Gasteiger partial charge < -0.3 is 9.73 Å². The SMILES string of the molecule is O=C(CCn1c(=O)oc2cc(S(=O)(=O)N3CCCC3)ccc21)NCc1cccs1. The van der Waals surface area contributed by atoms with Gasteiger partial charge in [-0.25, -0.2) is 13.2 Å². The van der Waals surface area contributed by atoms with Gasteiger partial charge in [-0.3, -0.25) is 9.36 Å². The average molecular weight is 436 g/mol. The second kappa shape index (κ2) is 8.13. The van der Waals surface area contributed by atoms with Gasteiger partial charge in [-0.05, 0) is 36.4 Å². The van der Waals surface area contributed by atoms with E-state index in [0.717, 1.165) is 17.7 Å². The van der Waals surface area contributed by atoms with Gasteiger partial charge in [0.1, 0.15) is 0 Å². The second-order valence-corrected chi connectivity index (χ2v) is 9.84. The van der Waals surface area contributed by atoms with E-state index in [1.807, 2.05) is 17.5 Å². The van der Waals surface area contributed by atoms with Gasteiger partial charge >= 0.3 is 5.76 Å². The number of rotatable bonds is 7. The molecule has 154 valence electrons. The van der Waals surface area contributed by atoms with Gasteiger partial charge in [-0.15, -0.1) is 11.3 Å². The minimum atomic E-state index is -3.59. The summed E-state index contributed by atoms with van der Waals surface area (Å²) in [6, 6.07) is 8.29. The molecule has 0 radical (unpaired) electrons. The summed E-state index contributed by atoms with van der Waals surface area (Å²) in [5, 5.41) is 4.76. The van der Waals surface area contributed by atoms with Crippen molar-refractivity contribution in [2.75, 3.05) is 13.1 Å². The van der Waals surface area contributed by atoms with E-state index in [1.54, 1.807) is 17.4 Å². The molecule has 1 N–H and O–H groups in total. The van der Waals surface area contributed by atoms with Gasteiger partial charge in [0.15, 0.2) is 5.58 Å². The van der Waals surface area contributed by atoms with E-state index >= 15 is 0 Å². The lowest BCUT2D eigenvalue weighted by molar-refractivity contribution is -0.121. The molecule has 0 saturated carbocycles. The Morgan fingerprint density at radius 1 is 1.21 bits per heavy atom. The van der Waals surface area contributed by atoms with E-state index in [-0.39, 0.29) is 29.4 Å². The highest BCUT2D eigenvalue weighted by molar-refractivity contribution is 7.89. The van der Waals surface area contributed by atoms with E-state index in [4.69, 9.17) is 4.42 Å². The molecule has 0 aliphatic carbocycles. The number of oxazole rings is 1. The Morgan fingerprint density at radius 3 is 2.72 bits per heavy atom. The zero-order chi connectivity index (χ0) is 20.4. The van der Waals surface area contributed by atoms with Crippen LogP contribution >= 0.6 is 11.3 Å². The first-order chi connectivity index (χ1) is 13.9. The highest BCUT2D eigenvalue weighted by atomic mass is 32.2. The maximum Gasteiger partial charge on any atom is 0.419 e. The molecule has 1 aromatic carbocycles. The van der Waals surface area contributed by atoms with Gasteiger partial charge in [-0.2, -0.15) is 4.31 Å². The van der Waals surface area contributed by atoms with Crippen molar-refractivity contribution < 1.29 is 17.6 Å². The lowest BCUT2D eigenvalue weighted by atomic mass is 10.3. The fourth-order valence-electron chi connectivity index (χ4n) is 3.40. The molecule has 8 nitrogen and oxygen atoms in total. The molecule has 1 aliphatic rings. The molecule has 10 heteroatoms. The lowest BCUT2D eigenvalue weighted by Gasteiger charge is -2.15. The number of hydrogen-bond acceptors (Lipinski definition) is 6. The molecule has 0 bridgehead atoms. The first-order valence-electron chi connectivity index (χ1n) is 9.38. The maximum atomic E-state index is 12.7. The fourth-order valence-corrected chi connectivity index (χ4v) is 5.57. The third-order valence-corrected chi connectivity index (χ3v) is 7.72. The van der Waals surface area contributed by atoms with Crippen LogP contribution in [-0.2, 0) is 27.9 Å². The summed E-state index contributed by atoms with van der Waals surface area (Å²) in [5.41, 5.74) is 0.677. The number of amides is 1. The van der Waals surface area contributed by atoms with Crippen molar-refractivity contribution in [1.29, 1.82) is 0 Å². The molecule has 0 unspecified atom stereocenters. The standard InChI is InChI=1S/C19H21N3O5S2/c23-18(20-13-14-4-3-11-28-14)7-10-22-16-6-5-15(12-17(16)27-19(22)24)29(25,26)21-8-1-2-9-21/h3-6,11-12H,1-2,7-10,13H2,(H,20,23). The number of carbonyl (C=O) groups is 1. The fraction of sp³-hybridized carbons (Fsp3) is 0.368. The molecular formula is C19H21N3O5S2. The smallest absolute Gasteiger partial charge is 0.408 e. The third-order valence-electron chi connectivity index (χ3n) is 4.94. The first-order valence-corrected chi connectivity index (χ1v) is 11.7. The van der Waals surface area contributed by atoms with Gasteiger partial charge in [-0.1, -0.05) is 6.07 Å². The summed E-state index contributed by atoms with van der Waals surface area (Å²) in [7, 11) is -3.59. The molecule has 3 heterocycles. The zero-order valence-corrected chi connectivity index (χ0v) is 17.3. The predicted octanol–water partition coefficient (Wildman–Crippen LogP) is 2.15. The number of carbonyl (C=O) groups excluding carboxylic acids is 1. The minimum absolute atomic E-state index is 0.112. The number of thiophene rings is 1. The highest BCUT2D eigenvalue weighted by Gasteiger charge is 2.28. The van der Waals surface area contributed by atoms with Crippen molar-refractivity contribution in [2.24, 2.45) is 0 Å². The number of benzene rings is 1. The topological polar surface area (TPSA) is 102 Å². The summed E-state index contributed by atoms with van der Waals surface area (Å²) >= 11 is 1.56. The molecule has 1 aliphatic heterocycles. The van der Waals surface area contributed by atoms with Gasteiger partial charge in [0, 0.05) is 37.0 Å². The Kier molecular flexibility index (Phi) is 5.57. The van der Waals surface area contributed by atoms with Crippen molar-refractivity contribution in [3.05, 3.63) is 51.1 Å². The molecule has 0 spiro atoms. The van der Waals surface area contributed by atoms with Crippen molar-refractivity contribution in [3.63, 3.8) is 0 Å². The lowest BCUT2D eigenvalue weighted by Crippen LogP contribution is -2.27. The van der Waals surface area contributed by atoms with Crippen LogP contribution in [0, 0.1) is 0 Å². The molecule has 1 saturated heterocycles. The van der Waals surface area contributed by atoms with Crippen LogP contribution in [0.15, 0.2) is 49.8 Å². The van der Waals surface area contributed by atoms with E-state index in [1.165, 1.54) is 21.0 Å². The van der Waals surface area contributed by atoms with Crippen LogP contribution in [0.25, 0.3) is 11.1 Å². The maximum absolute atomic E-state index is 12.7. The molecular weight excluding hydrogens is 414 g/mol. The van der Waals surface area contributed by atoms with Crippen molar-refractivity contribution >= 4 is 38.4 Å². The van der Waals surface area contributed by atoms with Gasteiger partial charge in [0.2, 0.25) is 15.9 Å². The van der Waals surface area contributed by atoms with Crippen LogP contribution in [0.5, 0.6) is 0 Å². The molecule has 3 aromatic rings. The summed E-state index contributed by atoms with van der Waals surface area (Å²) in [4.78, 5) is 25.5. The van der Waals surface area contributed by atoms with E-state index in [0.29, 0.717) is 25.2 Å². The molecule has 1 fully saturated rings. The normalized spacial score (nSPS) is 15.2. The molecule has 29 heavy (non-hydrogen) atoms.